The molecule has 138 valence electrons. The molecule has 0 spiro atoms. The predicted molar refractivity (Wildman–Crippen MR) is 91.4 cm³/mol. The van der Waals surface area contributed by atoms with Gasteiger partial charge in [0, 0.05) is 12.3 Å². The molecule has 0 aromatic rings. The molecule has 7 saturated carbocycles. The zero-order valence-corrected chi connectivity index (χ0v) is 15.6. The molecule has 4 nitrogen and oxygen atoms in total. The largest absolute Gasteiger partial charge is 0.457 e. The lowest BCUT2D eigenvalue weighted by Crippen LogP contribution is -2.73. The minimum atomic E-state index is -0.470. The molecule has 0 aliphatic heterocycles. The molecule has 4 unspecified atom stereocenters. The van der Waals surface area contributed by atoms with Gasteiger partial charge < -0.3 is 9.47 Å². The Balaban J connectivity index is 1.46. The first-order chi connectivity index (χ1) is 11.8. The van der Waals surface area contributed by atoms with Gasteiger partial charge in [0.15, 0.2) is 6.61 Å². The molecule has 8 bridgehead atoms. The lowest BCUT2D eigenvalue weighted by Gasteiger charge is -2.77. The van der Waals surface area contributed by atoms with E-state index in [4.69, 9.17) is 9.47 Å². The van der Waals surface area contributed by atoms with Crippen LogP contribution in [0.1, 0.15) is 59.3 Å². The average Bonchev–Trinajstić information content (AvgIpc) is 2.56. The van der Waals surface area contributed by atoms with Gasteiger partial charge in [0.2, 0.25) is 0 Å². The van der Waals surface area contributed by atoms with Crippen molar-refractivity contribution in [3.8, 4) is 0 Å². The van der Waals surface area contributed by atoms with Crippen molar-refractivity contribution in [1.29, 1.82) is 0 Å². The summed E-state index contributed by atoms with van der Waals surface area (Å²) in [6, 6.07) is 0. The summed E-state index contributed by atoms with van der Waals surface area (Å²) >= 11 is 0. The Morgan fingerprint density at radius 3 is 2.16 bits per heavy atom. The third-order valence-corrected chi connectivity index (χ3v) is 8.96. The predicted octanol–water partition coefficient (Wildman–Crippen LogP) is 3.58. The SMILES string of the molecule is CC(=O)OCC(=O)OC(C)(C)C12CC3CC4C5CC(CC41)CC2C5C3. The van der Waals surface area contributed by atoms with Gasteiger partial charge in [0.25, 0.3) is 0 Å². The number of esters is 2. The lowest BCUT2D eigenvalue weighted by molar-refractivity contribution is -0.308. The van der Waals surface area contributed by atoms with Gasteiger partial charge in [-0.15, -0.1) is 0 Å². The summed E-state index contributed by atoms with van der Waals surface area (Å²) in [6.07, 6.45) is 8.25. The van der Waals surface area contributed by atoms with Crippen LogP contribution in [0.3, 0.4) is 0 Å². The van der Waals surface area contributed by atoms with Crippen molar-refractivity contribution in [3.63, 3.8) is 0 Å². The highest BCUT2D eigenvalue weighted by atomic mass is 16.6. The topological polar surface area (TPSA) is 52.6 Å². The molecule has 4 heteroatoms. The van der Waals surface area contributed by atoms with E-state index < -0.39 is 11.6 Å². The molecule has 7 aliphatic carbocycles. The van der Waals surface area contributed by atoms with Gasteiger partial charge >= 0.3 is 11.9 Å². The van der Waals surface area contributed by atoms with Crippen molar-refractivity contribution in [1.82, 2.24) is 0 Å². The van der Waals surface area contributed by atoms with Crippen molar-refractivity contribution in [3.05, 3.63) is 0 Å². The highest BCUT2D eigenvalue weighted by Crippen LogP contribution is 2.78. The Labute approximate surface area is 150 Å². The molecule has 0 amide bonds. The molecule has 25 heavy (non-hydrogen) atoms. The van der Waals surface area contributed by atoms with Crippen molar-refractivity contribution in [2.45, 2.75) is 64.9 Å². The van der Waals surface area contributed by atoms with Crippen LogP contribution >= 0.6 is 0 Å². The highest BCUT2D eigenvalue weighted by molar-refractivity contribution is 5.75. The third-order valence-electron chi connectivity index (χ3n) is 8.96. The quantitative estimate of drug-likeness (QED) is 0.730. The Bertz CT molecular complexity index is 599. The summed E-state index contributed by atoms with van der Waals surface area (Å²) in [7, 11) is 0. The Morgan fingerprint density at radius 2 is 1.56 bits per heavy atom. The van der Waals surface area contributed by atoms with Crippen molar-refractivity contribution >= 4 is 11.9 Å². The maximum Gasteiger partial charge on any atom is 0.344 e. The van der Waals surface area contributed by atoms with E-state index in [1.165, 1.54) is 45.4 Å². The standard InChI is InChI=1S/C21H30O4/c1-11(22)24-10-19(23)25-20(2,3)21-9-13-5-15-14-4-12(7-17(15)21)8-18(21)16(14)6-13/h12-18H,4-10H2,1-3H3. The maximum absolute atomic E-state index is 12.3. The summed E-state index contributed by atoms with van der Waals surface area (Å²) in [5.74, 6) is 5.11. The fourth-order valence-corrected chi connectivity index (χ4v) is 8.66. The summed E-state index contributed by atoms with van der Waals surface area (Å²) < 4.78 is 10.9. The minimum absolute atomic E-state index is 0.156. The van der Waals surface area contributed by atoms with Gasteiger partial charge in [-0.25, -0.2) is 4.79 Å². The van der Waals surface area contributed by atoms with E-state index >= 15 is 0 Å². The van der Waals surface area contributed by atoms with Gasteiger partial charge in [-0.05, 0) is 93.8 Å². The zero-order chi connectivity index (χ0) is 17.6. The van der Waals surface area contributed by atoms with E-state index in [0.717, 1.165) is 41.4 Å². The zero-order valence-electron chi connectivity index (χ0n) is 15.6. The second-order valence-corrected chi connectivity index (χ2v) is 10.1. The number of hydrogen-bond acceptors (Lipinski definition) is 4. The van der Waals surface area contributed by atoms with E-state index in [9.17, 15) is 9.59 Å². The molecular formula is C21H30O4. The average molecular weight is 346 g/mol. The molecular weight excluding hydrogens is 316 g/mol. The van der Waals surface area contributed by atoms with Gasteiger partial charge in [0.05, 0.1) is 0 Å². The van der Waals surface area contributed by atoms with Crippen LogP contribution in [0, 0.1) is 46.8 Å². The van der Waals surface area contributed by atoms with E-state index in [1.807, 2.05) is 0 Å². The molecule has 0 radical (unpaired) electrons. The molecule has 0 aromatic heterocycles. The number of hydrogen-bond donors (Lipinski definition) is 0. The summed E-state index contributed by atoms with van der Waals surface area (Å²) in [5.41, 5.74) is -0.314. The summed E-state index contributed by atoms with van der Waals surface area (Å²) in [4.78, 5) is 23.4. The van der Waals surface area contributed by atoms with Crippen LogP contribution in [0.4, 0.5) is 0 Å². The van der Waals surface area contributed by atoms with Gasteiger partial charge in [0.1, 0.15) is 5.60 Å². The Hall–Kier alpha value is -1.06. The molecule has 0 saturated heterocycles. The lowest BCUT2D eigenvalue weighted by atomic mass is 9.28. The number of carbonyl (C=O) groups is 2. The summed E-state index contributed by atoms with van der Waals surface area (Å²) in [6.45, 7) is 5.35. The van der Waals surface area contributed by atoms with Crippen LogP contribution in [0.2, 0.25) is 0 Å². The molecule has 7 rings (SSSR count). The van der Waals surface area contributed by atoms with E-state index in [0.29, 0.717) is 0 Å². The van der Waals surface area contributed by atoms with Gasteiger partial charge in [-0.2, -0.15) is 0 Å². The maximum atomic E-state index is 12.3. The molecule has 4 atom stereocenters. The number of carbonyl (C=O) groups excluding carboxylic acids is 2. The van der Waals surface area contributed by atoms with Crippen LogP contribution in [-0.2, 0) is 19.1 Å². The van der Waals surface area contributed by atoms with Crippen LogP contribution in [0.15, 0.2) is 0 Å². The van der Waals surface area contributed by atoms with Crippen LogP contribution in [0.25, 0.3) is 0 Å². The van der Waals surface area contributed by atoms with E-state index in [1.54, 1.807) is 0 Å². The normalized spacial score (nSPS) is 48.7. The van der Waals surface area contributed by atoms with Crippen molar-refractivity contribution in [2.24, 2.45) is 46.8 Å². The molecule has 7 fully saturated rings. The smallest absolute Gasteiger partial charge is 0.344 e. The fourth-order valence-electron chi connectivity index (χ4n) is 8.66. The highest BCUT2D eigenvalue weighted by Gasteiger charge is 2.74. The van der Waals surface area contributed by atoms with Crippen molar-refractivity contribution in [2.75, 3.05) is 6.61 Å². The van der Waals surface area contributed by atoms with E-state index in [2.05, 4.69) is 13.8 Å². The van der Waals surface area contributed by atoms with Crippen LogP contribution < -0.4 is 0 Å². The first-order valence-electron chi connectivity index (χ1n) is 10.2. The first kappa shape index (κ1) is 16.1. The monoisotopic (exact) mass is 346 g/mol. The second kappa shape index (κ2) is 5.01. The second-order valence-electron chi connectivity index (χ2n) is 10.1. The first-order valence-corrected chi connectivity index (χ1v) is 10.2. The fraction of sp³-hybridized carbons (Fsp3) is 0.905. The van der Waals surface area contributed by atoms with Gasteiger partial charge in [-0.1, -0.05) is 0 Å². The van der Waals surface area contributed by atoms with Crippen LogP contribution in [-0.4, -0.2) is 24.1 Å². The summed E-state index contributed by atoms with van der Waals surface area (Å²) in [5, 5.41) is 0. The number of ether oxygens (including phenoxy) is 2. The van der Waals surface area contributed by atoms with E-state index in [-0.39, 0.29) is 18.0 Å². The van der Waals surface area contributed by atoms with Gasteiger partial charge in [-0.3, -0.25) is 4.79 Å². The molecule has 0 N–H and O–H groups in total. The third kappa shape index (κ3) is 2.00. The number of rotatable bonds is 4. The molecule has 0 aromatic carbocycles. The Morgan fingerprint density at radius 1 is 0.960 bits per heavy atom. The van der Waals surface area contributed by atoms with Crippen molar-refractivity contribution < 1.29 is 19.1 Å². The molecule has 0 heterocycles. The van der Waals surface area contributed by atoms with Crippen LogP contribution in [0.5, 0.6) is 0 Å². The minimum Gasteiger partial charge on any atom is -0.457 e. The Kier molecular flexibility index (Phi) is 3.24. The molecule has 7 aliphatic rings.